The Morgan fingerprint density at radius 3 is 2.75 bits per heavy atom. The Morgan fingerprint density at radius 2 is 2.20 bits per heavy atom. The molecule has 0 spiro atoms. The van der Waals surface area contributed by atoms with Crippen molar-refractivity contribution in [2.75, 3.05) is 25.6 Å². The van der Waals surface area contributed by atoms with Crippen molar-refractivity contribution < 1.29 is 14.6 Å². The van der Waals surface area contributed by atoms with Crippen LogP contribution in [0.25, 0.3) is 0 Å². The molecule has 0 aliphatic carbocycles. The highest BCUT2D eigenvalue weighted by molar-refractivity contribution is 5.78. The summed E-state index contributed by atoms with van der Waals surface area (Å²) in [6, 6.07) is 7.77. The highest BCUT2D eigenvalue weighted by atomic mass is 16.5. The van der Waals surface area contributed by atoms with Gasteiger partial charge in [-0.3, -0.25) is 4.79 Å². The monoisotopic (exact) mass is 280 g/mol. The van der Waals surface area contributed by atoms with Crippen LogP contribution in [0.3, 0.4) is 0 Å². The minimum absolute atomic E-state index is 0.436. The van der Waals surface area contributed by atoms with Crippen molar-refractivity contribution in [1.29, 1.82) is 0 Å². The van der Waals surface area contributed by atoms with Crippen LogP contribution < -0.4 is 15.4 Å². The highest BCUT2D eigenvalue weighted by Crippen LogP contribution is 2.21. The zero-order valence-electron chi connectivity index (χ0n) is 12.4. The third-order valence-corrected chi connectivity index (χ3v) is 3.67. The van der Waals surface area contributed by atoms with E-state index in [2.05, 4.69) is 4.90 Å². The van der Waals surface area contributed by atoms with Gasteiger partial charge in [0.25, 0.3) is 0 Å². The van der Waals surface area contributed by atoms with Crippen LogP contribution in [-0.4, -0.2) is 37.3 Å². The van der Waals surface area contributed by atoms with E-state index in [1.165, 1.54) is 0 Å². The number of benzene rings is 1. The molecule has 1 unspecified atom stereocenters. The predicted octanol–water partition coefficient (Wildman–Crippen LogP) is 2.10. The normalized spacial score (nSPS) is 13.6. The van der Waals surface area contributed by atoms with Crippen LogP contribution in [0.5, 0.6) is 5.75 Å². The van der Waals surface area contributed by atoms with Gasteiger partial charge in [0.15, 0.2) is 0 Å². The number of hydrogen-bond donors (Lipinski definition) is 2. The second-order valence-corrected chi connectivity index (χ2v) is 5.04. The first-order chi connectivity index (χ1) is 9.42. The van der Waals surface area contributed by atoms with Crippen LogP contribution in [0, 0.1) is 0 Å². The molecule has 0 saturated carbocycles. The van der Waals surface area contributed by atoms with Crippen molar-refractivity contribution in [2.45, 2.75) is 31.7 Å². The molecule has 0 heterocycles. The molecule has 0 fully saturated rings. The van der Waals surface area contributed by atoms with Crippen molar-refractivity contribution >= 4 is 11.7 Å². The van der Waals surface area contributed by atoms with Gasteiger partial charge in [-0.15, -0.1) is 0 Å². The molecular formula is C15H24N2O3. The molecule has 5 nitrogen and oxygen atoms in total. The van der Waals surface area contributed by atoms with Crippen LogP contribution >= 0.6 is 0 Å². The number of nitrogens with two attached hydrogens (primary N) is 1. The number of aliphatic carboxylic acids is 1. The maximum atomic E-state index is 11.1. The molecular weight excluding hydrogens is 256 g/mol. The Bertz CT molecular complexity index is 450. The fraction of sp³-hybridized carbons (Fsp3) is 0.533. The molecule has 1 aromatic carbocycles. The molecule has 0 aliphatic heterocycles. The highest BCUT2D eigenvalue weighted by Gasteiger charge is 2.31. The van der Waals surface area contributed by atoms with E-state index < -0.39 is 11.5 Å². The van der Waals surface area contributed by atoms with E-state index in [1.54, 1.807) is 14.0 Å². The van der Waals surface area contributed by atoms with E-state index in [0.29, 0.717) is 12.8 Å². The first kappa shape index (κ1) is 16.3. The van der Waals surface area contributed by atoms with Gasteiger partial charge in [-0.2, -0.15) is 0 Å². The van der Waals surface area contributed by atoms with Crippen LogP contribution in [0.2, 0.25) is 0 Å². The van der Waals surface area contributed by atoms with Gasteiger partial charge in [-0.1, -0.05) is 13.0 Å². The van der Waals surface area contributed by atoms with Gasteiger partial charge in [0, 0.05) is 25.3 Å². The van der Waals surface area contributed by atoms with Gasteiger partial charge >= 0.3 is 5.97 Å². The summed E-state index contributed by atoms with van der Waals surface area (Å²) in [5, 5.41) is 9.13. The maximum Gasteiger partial charge on any atom is 0.323 e. The summed E-state index contributed by atoms with van der Waals surface area (Å²) in [6.45, 7) is 2.55. The van der Waals surface area contributed by atoms with Crippen molar-refractivity contribution in [3.63, 3.8) is 0 Å². The largest absolute Gasteiger partial charge is 0.497 e. The first-order valence-electron chi connectivity index (χ1n) is 6.80. The number of hydrogen-bond acceptors (Lipinski definition) is 4. The first-order valence-corrected chi connectivity index (χ1v) is 6.80. The summed E-state index contributed by atoms with van der Waals surface area (Å²) >= 11 is 0. The Morgan fingerprint density at radius 1 is 1.50 bits per heavy atom. The zero-order valence-corrected chi connectivity index (χ0v) is 12.4. The molecule has 0 radical (unpaired) electrons. The third kappa shape index (κ3) is 4.13. The average molecular weight is 280 g/mol. The van der Waals surface area contributed by atoms with Crippen LogP contribution in [0.15, 0.2) is 24.3 Å². The molecule has 1 aromatic rings. The number of methoxy groups -OCH3 is 1. The summed E-state index contributed by atoms with van der Waals surface area (Å²) in [6.07, 6.45) is 1.63. The van der Waals surface area contributed by atoms with Gasteiger partial charge in [0.05, 0.1) is 7.11 Å². The van der Waals surface area contributed by atoms with Crippen LogP contribution in [0.1, 0.15) is 26.2 Å². The van der Waals surface area contributed by atoms with Crippen molar-refractivity contribution in [3.8, 4) is 5.75 Å². The molecule has 0 aliphatic rings. The summed E-state index contributed by atoms with van der Waals surface area (Å²) in [5.74, 6) is -0.120. The number of anilines is 1. The number of nitrogens with zero attached hydrogens (tertiary/aromatic N) is 1. The SMILES string of the molecule is CCC(N)(CCCN(C)c1cccc(OC)c1)C(=O)O. The Labute approximate surface area is 120 Å². The molecule has 20 heavy (non-hydrogen) atoms. The van der Waals surface area contributed by atoms with Crippen LogP contribution in [-0.2, 0) is 4.79 Å². The quantitative estimate of drug-likeness (QED) is 0.762. The van der Waals surface area contributed by atoms with Gasteiger partial charge in [-0.05, 0) is 31.4 Å². The predicted molar refractivity (Wildman–Crippen MR) is 80.3 cm³/mol. The Kier molecular flexibility index (Phi) is 5.82. The molecule has 1 rings (SSSR count). The summed E-state index contributed by atoms with van der Waals surface area (Å²) in [7, 11) is 3.61. The second kappa shape index (κ2) is 7.14. The number of rotatable bonds is 8. The minimum Gasteiger partial charge on any atom is -0.497 e. The summed E-state index contributed by atoms with van der Waals surface area (Å²) in [5.41, 5.74) is 5.80. The standard InChI is InChI=1S/C15H24N2O3/c1-4-15(16,14(18)19)9-6-10-17(2)12-7-5-8-13(11-12)20-3/h5,7-8,11H,4,6,9-10,16H2,1-3H3,(H,18,19). The molecule has 3 N–H and O–H groups in total. The van der Waals surface area contributed by atoms with Crippen molar-refractivity contribution in [1.82, 2.24) is 0 Å². The lowest BCUT2D eigenvalue weighted by atomic mass is 9.92. The van der Waals surface area contributed by atoms with Gasteiger partial charge in [0.2, 0.25) is 0 Å². The lowest BCUT2D eigenvalue weighted by molar-refractivity contribution is -0.143. The second-order valence-electron chi connectivity index (χ2n) is 5.04. The Hall–Kier alpha value is -1.75. The van der Waals surface area contributed by atoms with Crippen molar-refractivity contribution in [3.05, 3.63) is 24.3 Å². The zero-order chi connectivity index (χ0) is 15.2. The van der Waals surface area contributed by atoms with E-state index >= 15 is 0 Å². The van der Waals surface area contributed by atoms with Crippen LogP contribution in [0.4, 0.5) is 5.69 Å². The van der Waals surface area contributed by atoms with Crippen molar-refractivity contribution in [2.24, 2.45) is 5.73 Å². The van der Waals surface area contributed by atoms with E-state index in [-0.39, 0.29) is 0 Å². The molecule has 0 saturated heterocycles. The molecule has 0 aromatic heterocycles. The summed E-state index contributed by atoms with van der Waals surface area (Å²) < 4.78 is 5.19. The smallest absolute Gasteiger partial charge is 0.323 e. The van der Waals surface area contributed by atoms with Gasteiger partial charge in [-0.25, -0.2) is 0 Å². The number of carboxylic acids is 1. The molecule has 1 atom stereocenters. The Balaban J connectivity index is 2.55. The third-order valence-electron chi connectivity index (χ3n) is 3.67. The van der Waals surface area contributed by atoms with E-state index in [0.717, 1.165) is 24.4 Å². The lowest BCUT2D eigenvalue weighted by Gasteiger charge is -2.25. The number of carbonyl (C=O) groups is 1. The average Bonchev–Trinajstić information content (AvgIpc) is 2.46. The van der Waals surface area contributed by atoms with Gasteiger partial charge < -0.3 is 20.5 Å². The topological polar surface area (TPSA) is 75.8 Å². The van der Waals surface area contributed by atoms with Gasteiger partial charge in [0.1, 0.15) is 11.3 Å². The minimum atomic E-state index is -1.12. The maximum absolute atomic E-state index is 11.1. The van der Waals surface area contributed by atoms with E-state index in [4.69, 9.17) is 15.6 Å². The summed E-state index contributed by atoms with van der Waals surface area (Å²) in [4.78, 5) is 13.2. The number of ether oxygens (including phenoxy) is 1. The fourth-order valence-corrected chi connectivity index (χ4v) is 2.04. The fourth-order valence-electron chi connectivity index (χ4n) is 2.04. The van der Waals surface area contributed by atoms with E-state index in [9.17, 15) is 4.79 Å². The molecule has 5 heteroatoms. The van der Waals surface area contributed by atoms with E-state index in [1.807, 2.05) is 31.3 Å². The molecule has 0 amide bonds. The lowest BCUT2D eigenvalue weighted by Crippen LogP contribution is -2.47. The number of carboxylic acid groups (broad SMARTS) is 1. The molecule has 112 valence electrons. The molecule has 0 bridgehead atoms.